The molecule has 2 aliphatic rings. The minimum atomic E-state index is -0.498. The Kier molecular flexibility index (Phi) is 11.7. The van der Waals surface area contributed by atoms with Crippen molar-refractivity contribution in [3.8, 4) is 0 Å². The molecule has 0 spiro atoms. The molecule has 0 bridgehead atoms. The SMILES string of the molecule is CCCCC(CC)ON1C(C(C)C)CC(OC(=O)CC(=O)OC2CC(C)(C)NC(C)(C(C)C)C2)CC1(C)C. The van der Waals surface area contributed by atoms with Gasteiger partial charge < -0.3 is 14.8 Å². The minimum absolute atomic E-state index is 0.129. The summed E-state index contributed by atoms with van der Waals surface area (Å²) in [5, 5.41) is 5.90. The van der Waals surface area contributed by atoms with Gasteiger partial charge in [0.05, 0.1) is 6.10 Å². The lowest BCUT2D eigenvalue weighted by atomic mass is 9.74. The predicted octanol–water partition coefficient (Wildman–Crippen LogP) is 6.58. The molecule has 0 aliphatic carbocycles. The maximum absolute atomic E-state index is 12.9. The standard InChI is InChI=1S/C31H58N2O5/c1-12-14-15-23(13-2)38-33-26(21(3)4)16-24(19-30(33,9)10)36-27(34)17-28(35)37-25-18-29(7,8)32-31(11,20-25)22(5)6/h21-26,32H,12-20H2,1-11H3. The summed E-state index contributed by atoms with van der Waals surface area (Å²) < 4.78 is 11.7. The van der Waals surface area contributed by atoms with Gasteiger partial charge in [0.2, 0.25) is 0 Å². The number of carbonyl (C=O) groups is 2. The third-order valence-electron chi connectivity index (χ3n) is 8.67. The van der Waals surface area contributed by atoms with E-state index in [9.17, 15) is 9.59 Å². The summed E-state index contributed by atoms with van der Waals surface area (Å²) in [6, 6.07) is 0.129. The molecular weight excluding hydrogens is 480 g/mol. The van der Waals surface area contributed by atoms with Gasteiger partial charge in [0, 0.05) is 48.3 Å². The van der Waals surface area contributed by atoms with Crippen LogP contribution in [0.2, 0.25) is 0 Å². The Morgan fingerprint density at radius 1 is 0.921 bits per heavy atom. The Hall–Kier alpha value is -1.18. The van der Waals surface area contributed by atoms with E-state index >= 15 is 0 Å². The van der Waals surface area contributed by atoms with Gasteiger partial charge in [0.25, 0.3) is 0 Å². The van der Waals surface area contributed by atoms with Crippen LogP contribution in [0.1, 0.15) is 134 Å². The number of nitrogens with zero attached hydrogens (tertiary/aromatic N) is 1. The van der Waals surface area contributed by atoms with Crippen molar-refractivity contribution in [1.29, 1.82) is 0 Å². The normalized spacial score (nSPS) is 30.3. The molecule has 0 radical (unpaired) electrons. The molecule has 2 fully saturated rings. The summed E-state index contributed by atoms with van der Waals surface area (Å²) in [6.45, 7) is 23.9. The highest BCUT2D eigenvalue weighted by atomic mass is 16.7. The lowest BCUT2D eigenvalue weighted by Gasteiger charge is -2.51. The first-order chi connectivity index (χ1) is 17.5. The Labute approximate surface area is 233 Å². The second-order valence-electron chi connectivity index (χ2n) is 14.1. The van der Waals surface area contributed by atoms with Crippen LogP contribution in [0.5, 0.6) is 0 Å². The fourth-order valence-corrected chi connectivity index (χ4v) is 6.35. The molecule has 0 amide bonds. The number of carbonyl (C=O) groups excluding carboxylic acids is 2. The fraction of sp³-hybridized carbons (Fsp3) is 0.935. The van der Waals surface area contributed by atoms with Gasteiger partial charge in [0.15, 0.2) is 0 Å². The van der Waals surface area contributed by atoms with Crippen LogP contribution in [0, 0.1) is 11.8 Å². The molecule has 5 unspecified atom stereocenters. The first-order valence-corrected chi connectivity index (χ1v) is 15.2. The fourth-order valence-electron chi connectivity index (χ4n) is 6.35. The van der Waals surface area contributed by atoms with Crippen LogP contribution in [0.15, 0.2) is 0 Å². The van der Waals surface area contributed by atoms with Crippen LogP contribution >= 0.6 is 0 Å². The molecule has 222 valence electrons. The van der Waals surface area contributed by atoms with E-state index in [1.54, 1.807) is 0 Å². The lowest BCUT2D eigenvalue weighted by Crippen LogP contribution is -2.63. The summed E-state index contributed by atoms with van der Waals surface area (Å²) in [5.74, 6) is -0.268. The number of unbranched alkanes of at least 4 members (excludes halogenated alkanes) is 1. The number of hydrogen-bond donors (Lipinski definition) is 1. The minimum Gasteiger partial charge on any atom is -0.462 e. The molecule has 2 rings (SSSR count). The average molecular weight is 539 g/mol. The molecule has 7 heteroatoms. The molecule has 2 aliphatic heterocycles. The van der Waals surface area contributed by atoms with E-state index in [-0.39, 0.29) is 47.4 Å². The Morgan fingerprint density at radius 3 is 2.05 bits per heavy atom. The van der Waals surface area contributed by atoms with Crippen LogP contribution in [-0.4, -0.2) is 58.0 Å². The van der Waals surface area contributed by atoms with Gasteiger partial charge in [-0.2, -0.15) is 5.06 Å². The zero-order chi connectivity index (χ0) is 28.9. The van der Waals surface area contributed by atoms with Gasteiger partial charge in [-0.15, -0.1) is 0 Å². The molecule has 1 N–H and O–H groups in total. The Balaban J connectivity index is 1.98. The zero-order valence-electron chi connectivity index (χ0n) is 26.3. The monoisotopic (exact) mass is 538 g/mol. The molecule has 0 aromatic carbocycles. The van der Waals surface area contributed by atoms with Crippen molar-refractivity contribution in [3.63, 3.8) is 0 Å². The van der Waals surface area contributed by atoms with Crippen molar-refractivity contribution < 1.29 is 23.9 Å². The molecule has 2 saturated heterocycles. The maximum Gasteiger partial charge on any atom is 0.317 e. The van der Waals surface area contributed by atoms with Crippen molar-refractivity contribution in [3.05, 3.63) is 0 Å². The molecule has 7 nitrogen and oxygen atoms in total. The highest BCUT2D eigenvalue weighted by molar-refractivity contribution is 5.91. The van der Waals surface area contributed by atoms with Gasteiger partial charge in [-0.3, -0.25) is 14.4 Å². The number of esters is 2. The highest BCUT2D eigenvalue weighted by Crippen LogP contribution is 2.38. The molecule has 5 atom stereocenters. The van der Waals surface area contributed by atoms with Crippen molar-refractivity contribution in [2.45, 2.75) is 175 Å². The summed E-state index contributed by atoms with van der Waals surface area (Å²) in [5.41, 5.74) is -0.572. The number of piperidine rings is 2. The van der Waals surface area contributed by atoms with Crippen LogP contribution in [0.4, 0.5) is 0 Å². The zero-order valence-corrected chi connectivity index (χ0v) is 26.3. The summed E-state index contributed by atoms with van der Waals surface area (Å²) in [4.78, 5) is 32.2. The third-order valence-corrected chi connectivity index (χ3v) is 8.67. The second kappa shape index (κ2) is 13.5. The van der Waals surface area contributed by atoms with Gasteiger partial charge in [-0.1, -0.05) is 54.4 Å². The summed E-state index contributed by atoms with van der Waals surface area (Å²) in [6.07, 6.45) is 6.52. The van der Waals surface area contributed by atoms with Crippen molar-refractivity contribution >= 4 is 11.9 Å². The van der Waals surface area contributed by atoms with E-state index in [2.05, 4.69) is 86.5 Å². The number of hydroxylamine groups is 2. The highest BCUT2D eigenvalue weighted by Gasteiger charge is 2.46. The van der Waals surface area contributed by atoms with E-state index in [0.29, 0.717) is 24.7 Å². The summed E-state index contributed by atoms with van der Waals surface area (Å²) in [7, 11) is 0. The third kappa shape index (κ3) is 9.19. The van der Waals surface area contributed by atoms with E-state index in [1.165, 1.54) is 0 Å². The van der Waals surface area contributed by atoms with E-state index in [0.717, 1.165) is 38.5 Å². The molecule has 2 heterocycles. The number of hydrogen-bond acceptors (Lipinski definition) is 7. The van der Waals surface area contributed by atoms with E-state index in [1.807, 2.05) is 0 Å². The Morgan fingerprint density at radius 2 is 1.53 bits per heavy atom. The van der Waals surface area contributed by atoms with Gasteiger partial charge >= 0.3 is 11.9 Å². The number of nitrogens with one attached hydrogen (secondary N) is 1. The van der Waals surface area contributed by atoms with E-state index in [4.69, 9.17) is 14.3 Å². The van der Waals surface area contributed by atoms with Gasteiger partial charge in [0.1, 0.15) is 18.6 Å². The smallest absolute Gasteiger partial charge is 0.317 e. The molecule has 0 saturated carbocycles. The van der Waals surface area contributed by atoms with Crippen LogP contribution in [0.25, 0.3) is 0 Å². The predicted molar refractivity (Wildman–Crippen MR) is 153 cm³/mol. The Bertz CT molecular complexity index is 780. The second-order valence-corrected chi connectivity index (χ2v) is 14.1. The first kappa shape index (κ1) is 33.0. The molecular formula is C31H58N2O5. The summed E-state index contributed by atoms with van der Waals surface area (Å²) >= 11 is 0. The van der Waals surface area contributed by atoms with Crippen LogP contribution < -0.4 is 5.32 Å². The van der Waals surface area contributed by atoms with Crippen molar-refractivity contribution in [2.24, 2.45) is 11.8 Å². The molecule has 38 heavy (non-hydrogen) atoms. The van der Waals surface area contributed by atoms with Crippen molar-refractivity contribution in [1.82, 2.24) is 10.4 Å². The van der Waals surface area contributed by atoms with Crippen LogP contribution in [0.3, 0.4) is 0 Å². The molecule has 0 aromatic heterocycles. The topological polar surface area (TPSA) is 77.1 Å². The first-order valence-electron chi connectivity index (χ1n) is 15.2. The van der Waals surface area contributed by atoms with Crippen LogP contribution in [-0.2, 0) is 23.9 Å². The van der Waals surface area contributed by atoms with E-state index < -0.39 is 11.9 Å². The van der Waals surface area contributed by atoms with Gasteiger partial charge in [-0.05, 0) is 59.3 Å². The largest absolute Gasteiger partial charge is 0.462 e. The number of ether oxygens (including phenoxy) is 2. The lowest BCUT2D eigenvalue weighted by molar-refractivity contribution is -0.298. The maximum atomic E-state index is 12.9. The number of rotatable bonds is 12. The van der Waals surface area contributed by atoms with Crippen molar-refractivity contribution in [2.75, 3.05) is 0 Å². The van der Waals surface area contributed by atoms with Gasteiger partial charge in [-0.25, -0.2) is 0 Å². The molecule has 0 aromatic rings. The quantitative estimate of drug-likeness (QED) is 0.222. The average Bonchev–Trinajstić information content (AvgIpc) is 2.75.